The number of rotatable bonds is 6. The van der Waals surface area contributed by atoms with E-state index < -0.39 is 0 Å². The van der Waals surface area contributed by atoms with Gasteiger partial charge in [0.1, 0.15) is 0 Å². The molecular weight excluding hydrogens is 445 g/mol. The zero-order valence-corrected chi connectivity index (χ0v) is 18.1. The Balaban J connectivity index is 0.00000225. The lowest BCUT2D eigenvalue weighted by Crippen LogP contribution is -2.43. The lowest BCUT2D eigenvalue weighted by atomic mass is 10.2. The number of hydrogen-bond donors (Lipinski definition) is 2. The van der Waals surface area contributed by atoms with Gasteiger partial charge in [-0.05, 0) is 44.1 Å². The highest BCUT2D eigenvalue weighted by Gasteiger charge is 2.24. The predicted octanol–water partition coefficient (Wildman–Crippen LogP) is 3.49. The fourth-order valence-electron chi connectivity index (χ4n) is 3.32. The molecule has 1 saturated carbocycles. The summed E-state index contributed by atoms with van der Waals surface area (Å²) in [5.74, 6) is 0.928. The average Bonchev–Trinajstić information content (AvgIpc) is 3.24. The predicted molar refractivity (Wildman–Crippen MR) is 119 cm³/mol. The van der Waals surface area contributed by atoms with Crippen LogP contribution >= 0.6 is 35.7 Å². The summed E-state index contributed by atoms with van der Waals surface area (Å²) in [6.45, 7) is 1.87. The summed E-state index contributed by atoms with van der Waals surface area (Å²) in [5, 5.41) is 7.80. The van der Waals surface area contributed by atoms with Gasteiger partial charge in [0.25, 0.3) is 0 Å². The number of para-hydroxylation sites is 2. The van der Waals surface area contributed by atoms with Gasteiger partial charge in [-0.1, -0.05) is 12.1 Å². The van der Waals surface area contributed by atoms with Crippen LogP contribution in [0.25, 0.3) is 11.0 Å². The molecule has 7 heteroatoms. The van der Waals surface area contributed by atoms with Crippen LogP contribution in [0.2, 0.25) is 0 Å². The van der Waals surface area contributed by atoms with Crippen molar-refractivity contribution in [3.8, 4) is 0 Å². The largest absolute Gasteiger partial charge is 0.356 e. The first-order valence-electron chi connectivity index (χ1n) is 8.70. The zero-order chi connectivity index (χ0) is 16.8. The van der Waals surface area contributed by atoms with E-state index in [4.69, 9.17) is 0 Å². The second kappa shape index (κ2) is 10.3. The lowest BCUT2D eigenvalue weighted by Gasteiger charge is -2.17. The molecule has 138 valence electrons. The molecule has 3 rings (SSSR count). The van der Waals surface area contributed by atoms with Gasteiger partial charge in [-0.2, -0.15) is 11.8 Å². The molecule has 1 aliphatic carbocycles. The molecule has 0 radical (unpaired) electrons. The van der Waals surface area contributed by atoms with Gasteiger partial charge in [-0.15, -0.1) is 24.0 Å². The van der Waals surface area contributed by atoms with Crippen molar-refractivity contribution in [3.63, 3.8) is 0 Å². The Bertz CT molecular complexity index is 687. The molecule has 1 aliphatic rings. The highest BCUT2D eigenvalue weighted by molar-refractivity contribution is 14.0. The Hall–Kier alpha value is -0.960. The number of aromatic nitrogens is 2. The van der Waals surface area contributed by atoms with Gasteiger partial charge in [0.15, 0.2) is 5.96 Å². The number of aliphatic imine (C=N–C) groups is 1. The number of benzene rings is 1. The van der Waals surface area contributed by atoms with Crippen molar-refractivity contribution in [2.24, 2.45) is 4.99 Å². The summed E-state index contributed by atoms with van der Waals surface area (Å²) in [7, 11) is 1.85. The number of hydrogen-bond acceptors (Lipinski definition) is 3. The van der Waals surface area contributed by atoms with E-state index in [0.29, 0.717) is 6.04 Å². The van der Waals surface area contributed by atoms with Gasteiger partial charge in [0, 0.05) is 31.4 Å². The SMILES string of the molecule is CN=C(NCCCn1cnc2ccccc21)NC1CCC(SC)C1.I. The lowest BCUT2D eigenvalue weighted by molar-refractivity contribution is 0.598. The Kier molecular flexibility index (Phi) is 8.35. The number of thioether (sulfide) groups is 1. The van der Waals surface area contributed by atoms with Gasteiger partial charge >= 0.3 is 0 Å². The summed E-state index contributed by atoms with van der Waals surface area (Å²) in [6, 6.07) is 8.83. The number of nitrogens with zero attached hydrogens (tertiary/aromatic N) is 3. The van der Waals surface area contributed by atoms with E-state index in [1.54, 1.807) is 0 Å². The standard InChI is InChI=1S/C18H27N5S.HI/c1-19-18(22-14-8-9-15(12-14)24-2)20-10-5-11-23-13-21-16-6-3-4-7-17(16)23;/h3-4,6-7,13-15H,5,8-12H2,1-2H3,(H2,19,20,22);1H. The van der Waals surface area contributed by atoms with Crippen LogP contribution in [0.1, 0.15) is 25.7 Å². The summed E-state index contributed by atoms with van der Waals surface area (Å²) in [5.41, 5.74) is 2.27. The normalized spacial score (nSPS) is 20.5. The van der Waals surface area contributed by atoms with E-state index >= 15 is 0 Å². The molecule has 0 bridgehead atoms. The maximum Gasteiger partial charge on any atom is 0.191 e. The van der Waals surface area contributed by atoms with Crippen molar-refractivity contribution in [3.05, 3.63) is 30.6 Å². The van der Waals surface area contributed by atoms with E-state index in [0.717, 1.165) is 36.2 Å². The minimum Gasteiger partial charge on any atom is -0.356 e. The van der Waals surface area contributed by atoms with E-state index in [2.05, 4.69) is 49.6 Å². The van der Waals surface area contributed by atoms with Crippen LogP contribution in [0.5, 0.6) is 0 Å². The van der Waals surface area contributed by atoms with Gasteiger partial charge in [0.2, 0.25) is 0 Å². The summed E-state index contributed by atoms with van der Waals surface area (Å²) in [6.07, 6.45) is 8.97. The molecule has 1 aromatic carbocycles. The van der Waals surface area contributed by atoms with Crippen molar-refractivity contribution in [1.29, 1.82) is 0 Å². The Morgan fingerprint density at radius 2 is 2.20 bits per heavy atom. The highest BCUT2D eigenvalue weighted by atomic mass is 127. The molecule has 25 heavy (non-hydrogen) atoms. The van der Waals surface area contributed by atoms with E-state index in [9.17, 15) is 0 Å². The van der Waals surface area contributed by atoms with Crippen LogP contribution in [0.15, 0.2) is 35.6 Å². The average molecular weight is 473 g/mol. The molecule has 2 aromatic rings. The highest BCUT2D eigenvalue weighted by Crippen LogP contribution is 2.27. The first kappa shape index (κ1) is 20.4. The molecule has 0 amide bonds. The molecule has 5 nitrogen and oxygen atoms in total. The monoisotopic (exact) mass is 473 g/mol. The van der Waals surface area contributed by atoms with Crippen molar-refractivity contribution < 1.29 is 0 Å². The Labute approximate surface area is 171 Å². The summed E-state index contributed by atoms with van der Waals surface area (Å²) >= 11 is 1.98. The number of imidazole rings is 1. The van der Waals surface area contributed by atoms with Crippen LogP contribution in [-0.2, 0) is 6.54 Å². The maximum absolute atomic E-state index is 4.44. The fraction of sp³-hybridized carbons (Fsp3) is 0.556. The van der Waals surface area contributed by atoms with Crippen molar-refractivity contribution in [1.82, 2.24) is 20.2 Å². The zero-order valence-electron chi connectivity index (χ0n) is 14.9. The van der Waals surface area contributed by atoms with Crippen LogP contribution in [0.3, 0.4) is 0 Å². The van der Waals surface area contributed by atoms with Crippen LogP contribution < -0.4 is 10.6 Å². The molecule has 0 aliphatic heterocycles. The van der Waals surface area contributed by atoms with Crippen molar-refractivity contribution in [2.75, 3.05) is 19.8 Å². The first-order valence-corrected chi connectivity index (χ1v) is 9.99. The topological polar surface area (TPSA) is 54.2 Å². The molecule has 2 N–H and O–H groups in total. The second-order valence-electron chi connectivity index (χ2n) is 6.29. The molecule has 2 atom stereocenters. The third-order valence-electron chi connectivity index (χ3n) is 4.68. The molecular formula is C18H28IN5S. The van der Waals surface area contributed by atoms with Crippen LogP contribution in [0, 0.1) is 0 Å². The number of aryl methyl sites for hydroxylation is 1. The van der Waals surface area contributed by atoms with Crippen LogP contribution in [-0.4, -0.2) is 46.7 Å². The smallest absolute Gasteiger partial charge is 0.191 e. The van der Waals surface area contributed by atoms with Gasteiger partial charge < -0.3 is 15.2 Å². The number of fused-ring (bicyclic) bond motifs is 1. The fourth-order valence-corrected chi connectivity index (χ4v) is 4.11. The third-order valence-corrected chi connectivity index (χ3v) is 5.77. The molecule has 1 aromatic heterocycles. The number of guanidine groups is 1. The Morgan fingerprint density at radius 1 is 1.36 bits per heavy atom. The van der Waals surface area contributed by atoms with E-state index in [-0.39, 0.29) is 24.0 Å². The Morgan fingerprint density at radius 3 is 2.96 bits per heavy atom. The maximum atomic E-state index is 4.44. The van der Waals surface area contributed by atoms with Gasteiger partial charge in [0.05, 0.1) is 17.4 Å². The summed E-state index contributed by atoms with van der Waals surface area (Å²) < 4.78 is 2.22. The van der Waals surface area contributed by atoms with Crippen molar-refractivity contribution in [2.45, 2.75) is 43.5 Å². The molecule has 0 spiro atoms. The van der Waals surface area contributed by atoms with E-state index in [1.165, 1.54) is 24.8 Å². The minimum atomic E-state index is 0. The number of halogens is 1. The van der Waals surface area contributed by atoms with Gasteiger partial charge in [-0.25, -0.2) is 4.98 Å². The van der Waals surface area contributed by atoms with Crippen LogP contribution in [0.4, 0.5) is 0 Å². The molecule has 1 fully saturated rings. The quantitative estimate of drug-likeness (QED) is 0.292. The molecule has 0 saturated heterocycles. The van der Waals surface area contributed by atoms with E-state index in [1.807, 2.05) is 31.2 Å². The van der Waals surface area contributed by atoms with Gasteiger partial charge in [-0.3, -0.25) is 4.99 Å². The molecule has 1 heterocycles. The minimum absolute atomic E-state index is 0. The molecule has 2 unspecified atom stereocenters. The first-order chi connectivity index (χ1) is 11.8. The third kappa shape index (κ3) is 5.51. The second-order valence-corrected chi connectivity index (χ2v) is 7.43. The number of nitrogens with one attached hydrogen (secondary N) is 2. The summed E-state index contributed by atoms with van der Waals surface area (Å²) in [4.78, 5) is 8.79. The van der Waals surface area contributed by atoms with Crippen molar-refractivity contribution >= 4 is 52.7 Å².